The average molecular weight is 293 g/mol. The molecule has 0 spiro atoms. The number of hydrogen-bond donors (Lipinski definition) is 2. The van der Waals surface area contributed by atoms with Gasteiger partial charge in [0.1, 0.15) is 5.82 Å². The van der Waals surface area contributed by atoms with E-state index in [4.69, 9.17) is 5.73 Å². The maximum Gasteiger partial charge on any atom is 0.311 e. The summed E-state index contributed by atoms with van der Waals surface area (Å²) in [6.45, 7) is 5.32. The third-order valence-corrected chi connectivity index (χ3v) is 3.97. The van der Waals surface area contributed by atoms with Crippen LogP contribution in [-0.4, -0.2) is 40.5 Å². The fraction of sp³-hybridized carbons (Fsp3) is 0.643. The highest BCUT2D eigenvalue weighted by atomic mass is 16.6. The Kier molecular flexibility index (Phi) is 5.32. The predicted molar refractivity (Wildman–Crippen MR) is 83.3 cm³/mol. The molecule has 1 aromatic heterocycles. The number of nitrogens with two attached hydrogens (primary N) is 1. The van der Waals surface area contributed by atoms with Crippen LogP contribution in [0, 0.1) is 10.1 Å². The van der Waals surface area contributed by atoms with Gasteiger partial charge in [0.2, 0.25) is 5.82 Å². The molecule has 1 saturated heterocycles. The van der Waals surface area contributed by atoms with Crippen LogP contribution in [0.1, 0.15) is 32.6 Å². The minimum atomic E-state index is -0.524. The van der Waals surface area contributed by atoms with E-state index in [0.29, 0.717) is 11.9 Å². The highest BCUT2D eigenvalue weighted by Gasteiger charge is 2.17. The Hall–Kier alpha value is -1.89. The van der Waals surface area contributed by atoms with Gasteiger partial charge < -0.3 is 16.0 Å². The quantitative estimate of drug-likeness (QED) is 0.474. The number of piperidine rings is 1. The summed E-state index contributed by atoms with van der Waals surface area (Å²) >= 11 is 0. The topological polar surface area (TPSA) is 97.3 Å². The first-order valence-electron chi connectivity index (χ1n) is 7.47. The number of pyridine rings is 1. The van der Waals surface area contributed by atoms with E-state index in [9.17, 15) is 10.1 Å². The molecule has 0 amide bonds. The molecule has 116 valence electrons. The maximum absolute atomic E-state index is 10.7. The van der Waals surface area contributed by atoms with Crippen LogP contribution in [0.5, 0.6) is 0 Å². The summed E-state index contributed by atoms with van der Waals surface area (Å²) in [5.41, 5.74) is 5.41. The molecule has 2 heterocycles. The monoisotopic (exact) mass is 293 g/mol. The van der Waals surface area contributed by atoms with Gasteiger partial charge in [0.15, 0.2) is 0 Å². The highest BCUT2D eigenvalue weighted by molar-refractivity contribution is 5.57. The van der Waals surface area contributed by atoms with Crippen LogP contribution in [-0.2, 0) is 0 Å². The van der Waals surface area contributed by atoms with Crippen molar-refractivity contribution in [1.82, 2.24) is 9.88 Å². The van der Waals surface area contributed by atoms with Crippen molar-refractivity contribution in [2.75, 3.05) is 30.7 Å². The number of nitrogen functional groups attached to an aromatic ring is 1. The first-order chi connectivity index (χ1) is 10.1. The number of anilines is 2. The van der Waals surface area contributed by atoms with E-state index in [1.807, 2.05) is 0 Å². The van der Waals surface area contributed by atoms with Gasteiger partial charge in [-0.15, -0.1) is 0 Å². The van der Waals surface area contributed by atoms with Crippen LogP contribution in [0.2, 0.25) is 0 Å². The van der Waals surface area contributed by atoms with Crippen molar-refractivity contribution in [1.29, 1.82) is 0 Å². The lowest BCUT2D eigenvalue weighted by Crippen LogP contribution is -2.38. The van der Waals surface area contributed by atoms with Gasteiger partial charge in [0.05, 0.1) is 4.92 Å². The second kappa shape index (κ2) is 7.21. The van der Waals surface area contributed by atoms with E-state index in [2.05, 4.69) is 22.1 Å². The molecular weight excluding hydrogens is 270 g/mol. The number of likely N-dealkylation sites (tertiary alicyclic amines) is 1. The minimum Gasteiger partial charge on any atom is -0.378 e. The summed E-state index contributed by atoms with van der Waals surface area (Å²) in [4.78, 5) is 16.7. The summed E-state index contributed by atoms with van der Waals surface area (Å²) in [6.07, 6.45) is 4.93. The zero-order chi connectivity index (χ0) is 15.2. The van der Waals surface area contributed by atoms with E-state index in [1.54, 1.807) is 6.07 Å². The summed E-state index contributed by atoms with van der Waals surface area (Å²) in [7, 11) is 0. The van der Waals surface area contributed by atoms with Crippen LogP contribution in [0.15, 0.2) is 12.1 Å². The van der Waals surface area contributed by atoms with Crippen LogP contribution in [0.4, 0.5) is 17.3 Å². The van der Waals surface area contributed by atoms with Gasteiger partial charge >= 0.3 is 5.69 Å². The molecular formula is C14H23N5O2. The van der Waals surface area contributed by atoms with E-state index >= 15 is 0 Å². The molecule has 0 radical (unpaired) electrons. The zero-order valence-electron chi connectivity index (χ0n) is 12.4. The molecule has 0 saturated carbocycles. The fourth-order valence-corrected chi connectivity index (χ4v) is 2.71. The van der Waals surface area contributed by atoms with E-state index in [-0.39, 0.29) is 11.5 Å². The van der Waals surface area contributed by atoms with Crippen LogP contribution in [0.25, 0.3) is 0 Å². The second-order valence-corrected chi connectivity index (χ2v) is 5.52. The van der Waals surface area contributed by atoms with Gasteiger partial charge in [-0.05, 0) is 38.8 Å². The van der Waals surface area contributed by atoms with Gasteiger partial charge in [-0.25, -0.2) is 4.98 Å². The molecule has 0 bridgehead atoms. The molecule has 1 aromatic rings. The normalized spacial score (nSPS) is 19.4. The molecule has 1 unspecified atom stereocenters. The predicted octanol–water partition coefficient (Wildman–Crippen LogP) is 2.25. The van der Waals surface area contributed by atoms with Gasteiger partial charge in [0.25, 0.3) is 0 Å². The van der Waals surface area contributed by atoms with E-state index in [1.165, 1.54) is 31.9 Å². The lowest BCUT2D eigenvalue weighted by Gasteiger charge is -2.33. The fourth-order valence-electron chi connectivity index (χ4n) is 2.71. The largest absolute Gasteiger partial charge is 0.378 e. The molecule has 2 rings (SSSR count). The van der Waals surface area contributed by atoms with Gasteiger partial charge in [0, 0.05) is 25.2 Å². The summed E-state index contributed by atoms with van der Waals surface area (Å²) in [5.74, 6) is 0.541. The molecule has 1 atom stereocenters. The van der Waals surface area contributed by atoms with Crippen molar-refractivity contribution in [2.45, 2.75) is 38.6 Å². The van der Waals surface area contributed by atoms with Crippen molar-refractivity contribution in [2.24, 2.45) is 0 Å². The number of nitrogens with zero attached hydrogens (tertiary/aromatic N) is 3. The maximum atomic E-state index is 10.7. The summed E-state index contributed by atoms with van der Waals surface area (Å²) in [6, 6.07) is 3.65. The Morgan fingerprint density at radius 3 is 3.00 bits per heavy atom. The molecule has 0 aliphatic carbocycles. The van der Waals surface area contributed by atoms with Gasteiger partial charge in [-0.3, -0.25) is 10.1 Å². The molecule has 1 fully saturated rings. The lowest BCUT2D eigenvalue weighted by atomic mass is 10.0. The molecule has 1 aliphatic heterocycles. The first-order valence-corrected chi connectivity index (χ1v) is 7.47. The Morgan fingerprint density at radius 2 is 2.33 bits per heavy atom. The number of aromatic nitrogens is 1. The Morgan fingerprint density at radius 1 is 1.52 bits per heavy atom. The molecule has 3 N–H and O–H groups in total. The van der Waals surface area contributed by atoms with Gasteiger partial charge in [-0.1, -0.05) is 6.42 Å². The van der Waals surface area contributed by atoms with E-state index < -0.39 is 4.92 Å². The molecule has 21 heavy (non-hydrogen) atoms. The van der Waals surface area contributed by atoms with Crippen molar-refractivity contribution in [3.63, 3.8) is 0 Å². The van der Waals surface area contributed by atoms with Crippen molar-refractivity contribution < 1.29 is 4.92 Å². The average Bonchev–Trinajstić information content (AvgIpc) is 2.45. The van der Waals surface area contributed by atoms with Crippen LogP contribution < -0.4 is 11.1 Å². The standard InChI is InChI=1S/C14H23N5O2/c1-11-5-2-3-9-18(11)10-4-8-16-13-7-6-12(19(20)21)14(15)17-13/h6-7,11H,2-5,8-10H2,1H3,(H3,15,16,17). The SMILES string of the molecule is CC1CCCCN1CCCNc1ccc([N+](=O)[O-])c(N)n1. The number of nitrogens with one attached hydrogen (secondary N) is 1. The van der Waals surface area contributed by atoms with Crippen molar-refractivity contribution in [3.05, 3.63) is 22.2 Å². The number of hydrogen-bond acceptors (Lipinski definition) is 6. The number of nitro groups is 1. The third-order valence-electron chi connectivity index (χ3n) is 3.97. The van der Waals surface area contributed by atoms with Crippen molar-refractivity contribution in [3.8, 4) is 0 Å². The Labute approximate surface area is 124 Å². The second-order valence-electron chi connectivity index (χ2n) is 5.52. The minimum absolute atomic E-state index is 0.0466. The Balaban J connectivity index is 1.76. The molecule has 0 aromatic carbocycles. The molecule has 1 aliphatic rings. The third kappa shape index (κ3) is 4.29. The lowest BCUT2D eigenvalue weighted by molar-refractivity contribution is -0.384. The van der Waals surface area contributed by atoms with Gasteiger partial charge in [-0.2, -0.15) is 0 Å². The van der Waals surface area contributed by atoms with Crippen LogP contribution >= 0.6 is 0 Å². The number of rotatable bonds is 6. The molecule has 7 heteroatoms. The Bertz CT molecular complexity index is 494. The highest BCUT2D eigenvalue weighted by Crippen LogP contribution is 2.20. The summed E-state index contributed by atoms with van der Waals surface area (Å²) in [5, 5.41) is 13.8. The first kappa shape index (κ1) is 15.5. The van der Waals surface area contributed by atoms with E-state index in [0.717, 1.165) is 19.5 Å². The summed E-state index contributed by atoms with van der Waals surface area (Å²) < 4.78 is 0. The van der Waals surface area contributed by atoms with Crippen molar-refractivity contribution >= 4 is 17.3 Å². The zero-order valence-corrected chi connectivity index (χ0v) is 12.4. The smallest absolute Gasteiger partial charge is 0.311 e. The van der Waals surface area contributed by atoms with Crippen LogP contribution in [0.3, 0.4) is 0 Å². The molecule has 7 nitrogen and oxygen atoms in total.